The van der Waals surface area contributed by atoms with Gasteiger partial charge in [0.05, 0.1) is 5.69 Å². The number of hydrogen-bond acceptors (Lipinski definition) is 3. The third kappa shape index (κ3) is 2.33. The largest absolute Gasteiger partial charge is 0.373 e. The van der Waals surface area contributed by atoms with Crippen molar-refractivity contribution >= 4 is 17.4 Å². The van der Waals surface area contributed by atoms with Crippen LogP contribution in [0.15, 0.2) is 0 Å². The van der Waals surface area contributed by atoms with Gasteiger partial charge in [-0.25, -0.2) is 0 Å². The van der Waals surface area contributed by atoms with E-state index in [1.54, 1.807) is 0 Å². The molecule has 4 heteroatoms. The summed E-state index contributed by atoms with van der Waals surface area (Å²) in [7, 11) is 1.96. The van der Waals surface area contributed by atoms with E-state index in [-0.39, 0.29) is 11.7 Å². The zero-order chi connectivity index (χ0) is 15.9. The van der Waals surface area contributed by atoms with Crippen molar-refractivity contribution in [3.05, 3.63) is 27.8 Å². The maximum Gasteiger partial charge on any atom is 0.232 e. The Morgan fingerprint density at radius 3 is 2.29 bits per heavy atom. The van der Waals surface area contributed by atoms with Gasteiger partial charge in [0.15, 0.2) is 5.78 Å². The lowest BCUT2D eigenvalue weighted by Crippen LogP contribution is -2.46. The van der Waals surface area contributed by atoms with E-state index in [4.69, 9.17) is 0 Å². The number of carbonyl (C=O) groups excluding carboxylic acids is 2. The Labute approximate surface area is 126 Å². The first kappa shape index (κ1) is 15.5. The number of nitrogens with zero attached hydrogens (tertiary/aromatic N) is 1. The van der Waals surface area contributed by atoms with Crippen LogP contribution in [-0.2, 0) is 4.79 Å². The maximum atomic E-state index is 12.8. The number of anilines is 1. The predicted molar refractivity (Wildman–Crippen MR) is 85.2 cm³/mol. The Bertz CT molecular complexity index is 620. The van der Waals surface area contributed by atoms with Crippen molar-refractivity contribution in [1.29, 1.82) is 0 Å². The minimum absolute atomic E-state index is 0.0437. The summed E-state index contributed by atoms with van der Waals surface area (Å²) in [5.41, 5.74) is 6.21. The molecular weight excluding hydrogens is 264 g/mol. The Morgan fingerprint density at radius 1 is 1.14 bits per heavy atom. The quantitative estimate of drug-likeness (QED) is 0.850. The first-order valence-corrected chi connectivity index (χ1v) is 7.44. The molecule has 1 aliphatic heterocycles. The SMILES string of the molecule is CCNC(=O)C1CN(C)c2c(C)c(C)c(C)c(C)c2C1=O. The van der Waals surface area contributed by atoms with Crippen molar-refractivity contribution in [2.75, 3.05) is 25.0 Å². The van der Waals surface area contributed by atoms with Gasteiger partial charge >= 0.3 is 0 Å². The molecule has 0 bridgehead atoms. The van der Waals surface area contributed by atoms with Gasteiger partial charge in [-0.05, 0) is 56.9 Å². The molecule has 1 aromatic carbocycles. The van der Waals surface area contributed by atoms with Crippen molar-refractivity contribution in [3.8, 4) is 0 Å². The molecule has 1 amide bonds. The van der Waals surface area contributed by atoms with Gasteiger partial charge in [-0.15, -0.1) is 0 Å². The van der Waals surface area contributed by atoms with E-state index in [9.17, 15) is 9.59 Å². The highest BCUT2D eigenvalue weighted by Gasteiger charge is 2.37. The van der Waals surface area contributed by atoms with Crippen LogP contribution in [0.1, 0.15) is 39.5 Å². The van der Waals surface area contributed by atoms with Gasteiger partial charge in [-0.3, -0.25) is 9.59 Å². The molecule has 0 saturated carbocycles. The lowest BCUT2D eigenvalue weighted by Gasteiger charge is -2.35. The van der Waals surface area contributed by atoms with Gasteiger partial charge in [-0.2, -0.15) is 0 Å². The Kier molecular flexibility index (Phi) is 4.08. The van der Waals surface area contributed by atoms with E-state index in [0.717, 1.165) is 27.9 Å². The van der Waals surface area contributed by atoms with Crippen LogP contribution in [0.2, 0.25) is 0 Å². The number of rotatable bonds is 2. The number of nitrogens with one attached hydrogen (secondary N) is 1. The average molecular weight is 288 g/mol. The molecule has 2 rings (SSSR count). The first-order valence-electron chi connectivity index (χ1n) is 7.44. The molecule has 0 saturated heterocycles. The van der Waals surface area contributed by atoms with Crippen LogP contribution < -0.4 is 10.2 Å². The van der Waals surface area contributed by atoms with Crippen LogP contribution in [0.5, 0.6) is 0 Å². The van der Waals surface area contributed by atoms with Crippen molar-refractivity contribution in [3.63, 3.8) is 0 Å². The Balaban J connectivity index is 2.61. The Morgan fingerprint density at radius 2 is 1.71 bits per heavy atom. The van der Waals surface area contributed by atoms with Gasteiger partial charge < -0.3 is 10.2 Å². The number of hydrogen-bond donors (Lipinski definition) is 1. The van der Waals surface area contributed by atoms with E-state index >= 15 is 0 Å². The van der Waals surface area contributed by atoms with Gasteiger partial charge in [-0.1, -0.05) is 0 Å². The van der Waals surface area contributed by atoms with Crippen molar-refractivity contribution in [2.24, 2.45) is 5.92 Å². The predicted octanol–water partition coefficient (Wildman–Crippen LogP) is 2.31. The molecule has 1 unspecified atom stereocenters. The van der Waals surface area contributed by atoms with Crippen LogP contribution >= 0.6 is 0 Å². The van der Waals surface area contributed by atoms with Crippen LogP contribution in [-0.4, -0.2) is 31.8 Å². The summed E-state index contributed by atoms with van der Waals surface area (Å²) in [5.74, 6) is -0.823. The molecule has 114 valence electrons. The molecule has 21 heavy (non-hydrogen) atoms. The third-order valence-electron chi connectivity index (χ3n) is 4.72. The smallest absolute Gasteiger partial charge is 0.232 e. The molecule has 4 nitrogen and oxygen atoms in total. The molecule has 0 radical (unpaired) electrons. The summed E-state index contributed by atoms with van der Waals surface area (Å²) in [4.78, 5) is 27.0. The zero-order valence-electron chi connectivity index (χ0n) is 13.8. The van der Waals surface area contributed by atoms with Gasteiger partial charge in [0.2, 0.25) is 5.91 Å². The molecule has 0 fully saturated rings. The third-order valence-corrected chi connectivity index (χ3v) is 4.72. The van der Waals surface area contributed by atoms with Gasteiger partial charge in [0.25, 0.3) is 0 Å². The minimum Gasteiger partial charge on any atom is -0.373 e. The highest BCUT2D eigenvalue weighted by molar-refractivity contribution is 6.16. The molecule has 1 heterocycles. The van der Waals surface area contributed by atoms with E-state index in [1.807, 2.05) is 32.7 Å². The highest BCUT2D eigenvalue weighted by Crippen LogP contribution is 2.38. The van der Waals surface area contributed by atoms with Crippen molar-refractivity contribution < 1.29 is 9.59 Å². The summed E-state index contributed by atoms with van der Waals surface area (Å²) in [6.07, 6.45) is 0. The topological polar surface area (TPSA) is 49.4 Å². The van der Waals surface area contributed by atoms with E-state index < -0.39 is 5.92 Å². The fourth-order valence-corrected chi connectivity index (χ4v) is 3.19. The fraction of sp³-hybridized carbons (Fsp3) is 0.529. The van der Waals surface area contributed by atoms with Crippen LogP contribution in [0.3, 0.4) is 0 Å². The lowest BCUT2D eigenvalue weighted by atomic mass is 9.82. The molecule has 1 aromatic rings. The molecule has 1 aliphatic rings. The van der Waals surface area contributed by atoms with Crippen LogP contribution in [0.4, 0.5) is 5.69 Å². The Hall–Kier alpha value is -1.84. The zero-order valence-corrected chi connectivity index (χ0v) is 13.8. The summed E-state index contributed by atoms with van der Waals surface area (Å²) < 4.78 is 0. The molecular formula is C17H24N2O2. The summed E-state index contributed by atoms with van der Waals surface area (Å²) >= 11 is 0. The van der Waals surface area contributed by atoms with Crippen molar-refractivity contribution in [2.45, 2.75) is 34.6 Å². The summed E-state index contributed by atoms with van der Waals surface area (Å²) in [6.45, 7) is 11.0. The summed E-state index contributed by atoms with van der Waals surface area (Å²) in [6, 6.07) is 0. The number of amides is 1. The minimum atomic E-state index is -0.609. The monoisotopic (exact) mass is 288 g/mol. The molecule has 0 aliphatic carbocycles. The standard InChI is InChI=1S/C17H24N2O2/c1-7-18-17(21)13-8-19(6)15-12(5)10(3)9(2)11(4)14(15)16(13)20/h13H,7-8H2,1-6H3,(H,18,21). The number of fused-ring (bicyclic) bond motifs is 1. The second-order valence-corrected chi connectivity index (χ2v) is 5.92. The first-order chi connectivity index (χ1) is 9.81. The second-order valence-electron chi connectivity index (χ2n) is 5.92. The molecule has 1 N–H and O–H groups in total. The average Bonchev–Trinajstić information content (AvgIpc) is 2.44. The van der Waals surface area contributed by atoms with Gasteiger partial charge in [0, 0.05) is 25.7 Å². The van der Waals surface area contributed by atoms with E-state index in [0.29, 0.717) is 13.1 Å². The number of carbonyl (C=O) groups is 2. The number of ketones is 1. The molecule has 0 spiro atoms. The van der Waals surface area contributed by atoms with Crippen LogP contribution in [0.25, 0.3) is 0 Å². The summed E-state index contributed by atoms with van der Waals surface area (Å²) in [5, 5.41) is 2.77. The lowest BCUT2D eigenvalue weighted by molar-refractivity contribution is -0.123. The fourth-order valence-electron chi connectivity index (χ4n) is 3.19. The van der Waals surface area contributed by atoms with E-state index in [1.165, 1.54) is 5.56 Å². The molecule has 0 aromatic heterocycles. The van der Waals surface area contributed by atoms with Crippen LogP contribution in [0, 0.1) is 33.6 Å². The van der Waals surface area contributed by atoms with E-state index in [2.05, 4.69) is 19.2 Å². The normalized spacial score (nSPS) is 17.7. The number of Topliss-reactive ketones (excluding diaryl/α,β-unsaturated/α-hetero) is 1. The number of benzene rings is 1. The maximum absolute atomic E-state index is 12.8. The highest BCUT2D eigenvalue weighted by atomic mass is 16.2. The second kappa shape index (κ2) is 5.51. The van der Waals surface area contributed by atoms with Crippen molar-refractivity contribution in [1.82, 2.24) is 5.32 Å². The molecule has 1 atom stereocenters. The van der Waals surface area contributed by atoms with Gasteiger partial charge in [0.1, 0.15) is 5.92 Å².